The first-order chi connectivity index (χ1) is 19.5. The van der Waals surface area contributed by atoms with Gasteiger partial charge < -0.3 is 9.15 Å². The van der Waals surface area contributed by atoms with Gasteiger partial charge in [0.15, 0.2) is 5.76 Å². The Balaban J connectivity index is 1.41. The summed E-state index contributed by atoms with van der Waals surface area (Å²) < 4.78 is 14.0. The normalized spacial score (nSPS) is 11.4. The predicted octanol–water partition coefficient (Wildman–Crippen LogP) is 6.94. The number of furan rings is 1. The van der Waals surface area contributed by atoms with Crippen molar-refractivity contribution in [2.45, 2.75) is 6.61 Å². The van der Waals surface area contributed by atoms with Gasteiger partial charge in [0.05, 0.1) is 22.0 Å². The molecule has 0 radical (unpaired) electrons. The second-order valence-electron chi connectivity index (χ2n) is 8.86. The molecular weight excluding hydrogens is 576 g/mol. The molecule has 9 nitrogen and oxygen atoms in total. The third kappa shape index (κ3) is 4.99. The number of rotatable bonds is 7. The molecule has 10 heteroatoms. The van der Waals surface area contributed by atoms with E-state index in [1.54, 1.807) is 42.5 Å². The van der Waals surface area contributed by atoms with Gasteiger partial charge in [-0.05, 0) is 48.0 Å². The van der Waals surface area contributed by atoms with Crippen LogP contribution in [-0.2, 0) is 6.61 Å². The lowest BCUT2D eigenvalue weighted by atomic mass is 10.2. The highest BCUT2D eigenvalue weighted by atomic mass is 79.9. The van der Waals surface area contributed by atoms with E-state index in [1.165, 1.54) is 23.0 Å². The van der Waals surface area contributed by atoms with Crippen LogP contribution in [0.4, 0.5) is 5.69 Å². The Bertz CT molecular complexity index is 1960. The molecule has 0 unspecified atom stereocenters. The van der Waals surface area contributed by atoms with Gasteiger partial charge in [-0.25, -0.2) is 4.98 Å². The quantitative estimate of drug-likeness (QED) is 0.112. The van der Waals surface area contributed by atoms with Gasteiger partial charge in [-0.1, -0.05) is 58.4 Å². The molecule has 0 amide bonds. The molecule has 40 heavy (non-hydrogen) atoms. The first-order valence-electron chi connectivity index (χ1n) is 12.2. The number of benzene rings is 4. The highest BCUT2D eigenvalue weighted by Crippen LogP contribution is 2.28. The number of nitro groups is 1. The lowest BCUT2D eigenvalue weighted by molar-refractivity contribution is -0.384. The van der Waals surface area contributed by atoms with Crippen LogP contribution in [0.3, 0.4) is 0 Å². The van der Waals surface area contributed by atoms with Crippen LogP contribution in [0.15, 0.2) is 116 Å². The summed E-state index contributed by atoms with van der Waals surface area (Å²) in [6.07, 6.45) is 1.51. The van der Waals surface area contributed by atoms with Gasteiger partial charge in [-0.3, -0.25) is 14.9 Å². The van der Waals surface area contributed by atoms with Crippen molar-refractivity contribution in [3.8, 4) is 17.3 Å². The molecule has 2 heterocycles. The van der Waals surface area contributed by atoms with Crippen LogP contribution in [0.2, 0.25) is 0 Å². The third-order valence-electron chi connectivity index (χ3n) is 6.20. The minimum absolute atomic E-state index is 0.0139. The van der Waals surface area contributed by atoms with Crippen molar-refractivity contribution in [2.75, 3.05) is 0 Å². The van der Waals surface area contributed by atoms with E-state index in [1.807, 2.05) is 42.5 Å². The molecular formula is C30H19BrN4O5. The molecule has 4 aromatic carbocycles. The fourth-order valence-corrected chi connectivity index (χ4v) is 4.65. The number of hydrogen-bond donors (Lipinski definition) is 0. The summed E-state index contributed by atoms with van der Waals surface area (Å²) in [6, 6.07) is 28.0. The Kier molecular flexibility index (Phi) is 6.67. The maximum atomic E-state index is 13.6. The number of hydrogen-bond acceptors (Lipinski definition) is 7. The summed E-state index contributed by atoms with van der Waals surface area (Å²) in [5, 5.41) is 17.0. The molecule has 2 aromatic heterocycles. The third-order valence-corrected chi connectivity index (χ3v) is 6.69. The Morgan fingerprint density at radius 3 is 2.67 bits per heavy atom. The molecule has 0 aliphatic heterocycles. The molecule has 0 aliphatic rings. The lowest BCUT2D eigenvalue weighted by Gasteiger charge is -2.11. The fraction of sp³-hybridized carbons (Fsp3) is 0.0333. The number of para-hydroxylation sites is 2. The molecule has 0 aliphatic carbocycles. The Hall–Kier alpha value is -5.09. The highest BCUT2D eigenvalue weighted by Gasteiger charge is 2.17. The average Bonchev–Trinajstić information content (AvgIpc) is 3.40. The Morgan fingerprint density at radius 1 is 1.00 bits per heavy atom. The van der Waals surface area contributed by atoms with Gasteiger partial charge in [0.25, 0.3) is 11.2 Å². The fourth-order valence-electron chi connectivity index (χ4n) is 4.27. The molecule has 0 bridgehead atoms. The van der Waals surface area contributed by atoms with Crippen LogP contribution < -0.4 is 10.3 Å². The SMILES string of the molecule is O=c1c2ccccc2nc(-c2cc3ccccc3o2)n1N=Cc1cc(Br)ccc1OCc1cccc([N+](=O)[O-])c1. The Labute approximate surface area is 235 Å². The largest absolute Gasteiger partial charge is 0.488 e. The second-order valence-corrected chi connectivity index (χ2v) is 9.78. The zero-order valence-corrected chi connectivity index (χ0v) is 22.3. The molecule has 0 fully saturated rings. The van der Waals surface area contributed by atoms with E-state index in [0.717, 1.165) is 9.86 Å². The Morgan fingerprint density at radius 2 is 1.82 bits per heavy atom. The van der Waals surface area contributed by atoms with E-state index in [2.05, 4.69) is 21.0 Å². The first-order valence-corrected chi connectivity index (χ1v) is 13.0. The number of halogens is 1. The average molecular weight is 595 g/mol. The van der Waals surface area contributed by atoms with Crippen molar-refractivity contribution in [1.29, 1.82) is 0 Å². The van der Waals surface area contributed by atoms with Crippen LogP contribution in [0.5, 0.6) is 5.75 Å². The minimum atomic E-state index is -0.448. The monoisotopic (exact) mass is 594 g/mol. The summed E-state index contributed by atoms with van der Waals surface area (Å²) >= 11 is 3.47. The smallest absolute Gasteiger partial charge is 0.282 e. The number of non-ortho nitro benzene ring substituents is 1. The van der Waals surface area contributed by atoms with E-state index in [9.17, 15) is 14.9 Å². The van der Waals surface area contributed by atoms with Crippen LogP contribution >= 0.6 is 15.9 Å². The maximum Gasteiger partial charge on any atom is 0.282 e. The van der Waals surface area contributed by atoms with Crippen LogP contribution in [0, 0.1) is 10.1 Å². The molecule has 0 saturated carbocycles. The summed E-state index contributed by atoms with van der Waals surface area (Å²) in [5.41, 5.74) is 2.04. The zero-order chi connectivity index (χ0) is 27.6. The molecule has 0 N–H and O–H groups in total. The van der Waals surface area contributed by atoms with Crippen LogP contribution in [0.25, 0.3) is 33.5 Å². The highest BCUT2D eigenvalue weighted by molar-refractivity contribution is 9.10. The van der Waals surface area contributed by atoms with E-state index in [0.29, 0.717) is 39.1 Å². The lowest BCUT2D eigenvalue weighted by Crippen LogP contribution is -2.20. The van der Waals surface area contributed by atoms with Gasteiger partial charge in [-0.2, -0.15) is 9.78 Å². The van der Waals surface area contributed by atoms with Gasteiger partial charge in [0, 0.05) is 27.6 Å². The molecule has 6 aromatic rings. The van der Waals surface area contributed by atoms with E-state index < -0.39 is 4.92 Å². The van der Waals surface area contributed by atoms with Crippen molar-refractivity contribution in [1.82, 2.24) is 9.66 Å². The van der Waals surface area contributed by atoms with Gasteiger partial charge >= 0.3 is 0 Å². The van der Waals surface area contributed by atoms with Gasteiger partial charge in [0.2, 0.25) is 5.82 Å². The first kappa shape index (κ1) is 25.2. The van der Waals surface area contributed by atoms with Crippen LogP contribution in [-0.4, -0.2) is 20.8 Å². The molecule has 0 spiro atoms. The predicted molar refractivity (Wildman–Crippen MR) is 156 cm³/mol. The zero-order valence-electron chi connectivity index (χ0n) is 20.7. The van der Waals surface area contributed by atoms with Gasteiger partial charge in [0.1, 0.15) is 17.9 Å². The molecule has 196 valence electrons. The van der Waals surface area contributed by atoms with E-state index in [4.69, 9.17) is 14.1 Å². The van der Waals surface area contributed by atoms with E-state index >= 15 is 0 Å². The maximum absolute atomic E-state index is 13.6. The summed E-state index contributed by atoms with van der Waals surface area (Å²) in [6.45, 7) is 0.103. The summed E-state index contributed by atoms with van der Waals surface area (Å²) in [7, 11) is 0. The summed E-state index contributed by atoms with van der Waals surface area (Å²) in [5.74, 6) is 1.13. The minimum Gasteiger partial charge on any atom is -0.488 e. The van der Waals surface area contributed by atoms with Crippen molar-refractivity contribution < 1.29 is 14.1 Å². The number of aromatic nitrogens is 2. The standard InChI is InChI=1S/C30H19BrN4O5/c31-22-12-13-26(39-18-19-6-5-8-23(14-19)35(37)38)21(15-22)17-32-34-29(28-16-20-7-1-4-11-27(20)40-28)33-25-10-3-2-9-24(25)30(34)36/h1-17H,18H2. The van der Waals surface area contributed by atoms with Crippen molar-refractivity contribution in [3.05, 3.63) is 133 Å². The number of fused-ring (bicyclic) bond motifs is 2. The number of ether oxygens (including phenoxy) is 1. The van der Waals surface area contributed by atoms with Crippen molar-refractivity contribution >= 4 is 49.7 Å². The van der Waals surface area contributed by atoms with E-state index in [-0.39, 0.29) is 23.7 Å². The van der Waals surface area contributed by atoms with Crippen molar-refractivity contribution in [2.24, 2.45) is 5.10 Å². The second kappa shape index (κ2) is 10.6. The summed E-state index contributed by atoms with van der Waals surface area (Å²) in [4.78, 5) is 29.0. The number of nitrogens with zero attached hydrogens (tertiary/aromatic N) is 4. The topological polar surface area (TPSA) is 113 Å². The molecule has 0 saturated heterocycles. The molecule has 0 atom stereocenters. The van der Waals surface area contributed by atoms with Crippen molar-refractivity contribution in [3.63, 3.8) is 0 Å². The van der Waals surface area contributed by atoms with Gasteiger partial charge in [-0.15, -0.1) is 0 Å². The number of nitro benzene ring substituents is 1. The van der Waals surface area contributed by atoms with Crippen LogP contribution in [0.1, 0.15) is 11.1 Å². The molecule has 6 rings (SSSR count).